The number of thiophene rings is 1. The average molecular weight is 418 g/mol. The van der Waals surface area contributed by atoms with Crippen LogP contribution in [0.15, 0.2) is 39.4 Å². The van der Waals surface area contributed by atoms with Gasteiger partial charge in [0.1, 0.15) is 16.6 Å². The standard InChI is InChI=1S/C18H19N5O3S2/c1-10(16(25)20-17-13(14(19)24)6-8-27-17)28-18-22-21-15(11-4-5-11)23(18)9-12-3-2-7-26-12/h2-3,6-8,10-11H,4-5,9H2,1H3,(H2,19,24)(H,20,25). The van der Waals surface area contributed by atoms with Gasteiger partial charge in [0.05, 0.1) is 23.6 Å². The predicted octanol–water partition coefficient (Wildman–Crippen LogP) is 3.08. The molecule has 0 bridgehead atoms. The molecule has 1 fully saturated rings. The van der Waals surface area contributed by atoms with Crippen molar-refractivity contribution >= 4 is 39.9 Å². The van der Waals surface area contributed by atoms with Gasteiger partial charge in [-0.25, -0.2) is 0 Å². The van der Waals surface area contributed by atoms with Crippen LogP contribution in [0.2, 0.25) is 0 Å². The van der Waals surface area contributed by atoms with E-state index < -0.39 is 11.2 Å². The number of anilines is 1. The highest BCUT2D eigenvalue weighted by molar-refractivity contribution is 8.00. The predicted molar refractivity (Wildman–Crippen MR) is 107 cm³/mol. The summed E-state index contributed by atoms with van der Waals surface area (Å²) in [5, 5.41) is 13.8. The van der Waals surface area contributed by atoms with E-state index in [9.17, 15) is 9.59 Å². The minimum atomic E-state index is -0.566. The zero-order valence-electron chi connectivity index (χ0n) is 15.1. The number of amides is 2. The van der Waals surface area contributed by atoms with Crippen LogP contribution in [0.1, 0.15) is 47.6 Å². The molecule has 2 amide bonds. The van der Waals surface area contributed by atoms with Crippen molar-refractivity contribution in [2.75, 3.05) is 5.32 Å². The highest BCUT2D eigenvalue weighted by Gasteiger charge is 2.31. The van der Waals surface area contributed by atoms with Crippen LogP contribution in [-0.4, -0.2) is 31.8 Å². The van der Waals surface area contributed by atoms with E-state index >= 15 is 0 Å². The Balaban J connectivity index is 1.49. The molecular weight excluding hydrogens is 398 g/mol. The summed E-state index contributed by atoms with van der Waals surface area (Å²) in [5.74, 6) is 1.37. The van der Waals surface area contributed by atoms with Gasteiger partial charge in [0.2, 0.25) is 5.91 Å². The Hall–Kier alpha value is -2.59. The first-order valence-corrected chi connectivity index (χ1v) is 10.6. The molecule has 1 atom stereocenters. The second kappa shape index (κ2) is 7.80. The van der Waals surface area contributed by atoms with Crippen molar-refractivity contribution in [3.8, 4) is 0 Å². The molecule has 3 aromatic heterocycles. The van der Waals surface area contributed by atoms with Crippen LogP contribution < -0.4 is 11.1 Å². The summed E-state index contributed by atoms with van der Waals surface area (Å²) >= 11 is 2.59. The normalized spacial score (nSPS) is 14.8. The van der Waals surface area contributed by atoms with Crippen LogP contribution in [-0.2, 0) is 11.3 Å². The molecule has 4 rings (SSSR count). The number of rotatable bonds is 8. The van der Waals surface area contributed by atoms with Crippen LogP contribution >= 0.6 is 23.1 Å². The molecule has 0 spiro atoms. The SMILES string of the molecule is CC(Sc1nnc(C2CC2)n1Cc1ccco1)C(=O)Nc1sccc1C(N)=O. The van der Waals surface area contributed by atoms with Crippen LogP contribution in [0.4, 0.5) is 5.00 Å². The lowest BCUT2D eigenvalue weighted by atomic mass is 10.3. The number of nitrogens with two attached hydrogens (primary N) is 1. The second-order valence-corrected chi connectivity index (χ2v) is 8.78. The molecule has 1 aliphatic carbocycles. The van der Waals surface area contributed by atoms with Crippen LogP contribution in [0.5, 0.6) is 0 Å². The van der Waals surface area contributed by atoms with Crippen molar-refractivity contribution in [2.45, 2.75) is 42.6 Å². The Morgan fingerprint density at radius 1 is 1.43 bits per heavy atom. The highest BCUT2D eigenvalue weighted by Crippen LogP contribution is 2.40. The molecule has 10 heteroatoms. The van der Waals surface area contributed by atoms with Crippen molar-refractivity contribution in [2.24, 2.45) is 5.73 Å². The third-order valence-corrected chi connectivity index (χ3v) is 6.31. The Morgan fingerprint density at radius 3 is 2.93 bits per heavy atom. The number of primary amides is 1. The Morgan fingerprint density at radius 2 is 2.25 bits per heavy atom. The maximum atomic E-state index is 12.6. The molecule has 28 heavy (non-hydrogen) atoms. The molecular formula is C18H19N5O3S2. The van der Waals surface area contributed by atoms with Crippen molar-refractivity contribution < 1.29 is 14.0 Å². The van der Waals surface area contributed by atoms with Gasteiger partial charge < -0.3 is 15.5 Å². The number of nitrogens with zero attached hydrogens (tertiary/aromatic N) is 3. The summed E-state index contributed by atoms with van der Waals surface area (Å²) in [6.07, 6.45) is 3.84. The molecule has 0 radical (unpaired) electrons. The molecule has 3 heterocycles. The van der Waals surface area contributed by atoms with Crippen molar-refractivity contribution in [1.82, 2.24) is 14.8 Å². The van der Waals surface area contributed by atoms with E-state index in [1.165, 1.54) is 23.1 Å². The summed E-state index contributed by atoms with van der Waals surface area (Å²) in [6, 6.07) is 5.35. The van der Waals surface area contributed by atoms with Gasteiger partial charge in [-0.05, 0) is 43.3 Å². The molecule has 0 aliphatic heterocycles. The summed E-state index contributed by atoms with van der Waals surface area (Å²) in [4.78, 5) is 24.1. The average Bonchev–Trinajstić information content (AvgIpc) is 3.06. The highest BCUT2D eigenvalue weighted by atomic mass is 32.2. The second-order valence-electron chi connectivity index (χ2n) is 6.56. The molecule has 146 valence electrons. The van der Waals surface area contributed by atoms with Gasteiger partial charge in [-0.3, -0.25) is 14.2 Å². The molecule has 3 N–H and O–H groups in total. The molecule has 0 aromatic carbocycles. The third kappa shape index (κ3) is 3.97. The number of hydrogen-bond donors (Lipinski definition) is 2. The Bertz CT molecular complexity index is 991. The van der Waals surface area contributed by atoms with E-state index in [4.69, 9.17) is 10.2 Å². The summed E-state index contributed by atoms with van der Waals surface area (Å²) < 4.78 is 7.49. The first-order chi connectivity index (χ1) is 13.5. The van der Waals surface area contributed by atoms with Crippen LogP contribution in [0, 0.1) is 0 Å². The fourth-order valence-electron chi connectivity index (χ4n) is 2.76. The minimum Gasteiger partial charge on any atom is -0.467 e. The van der Waals surface area contributed by atoms with Gasteiger partial charge in [0.25, 0.3) is 5.91 Å². The van der Waals surface area contributed by atoms with E-state index in [-0.39, 0.29) is 5.91 Å². The molecule has 0 saturated heterocycles. The number of carbonyl (C=O) groups is 2. The first-order valence-electron chi connectivity index (χ1n) is 8.83. The lowest BCUT2D eigenvalue weighted by Crippen LogP contribution is -2.24. The van der Waals surface area contributed by atoms with E-state index in [1.807, 2.05) is 16.7 Å². The van der Waals surface area contributed by atoms with Gasteiger partial charge in [0, 0.05) is 5.92 Å². The number of nitrogens with one attached hydrogen (secondary N) is 1. The maximum absolute atomic E-state index is 12.6. The zero-order valence-corrected chi connectivity index (χ0v) is 16.8. The fraction of sp³-hybridized carbons (Fsp3) is 0.333. The minimum absolute atomic E-state index is 0.226. The molecule has 1 saturated carbocycles. The molecule has 3 aromatic rings. The van der Waals surface area contributed by atoms with Gasteiger partial charge >= 0.3 is 0 Å². The van der Waals surface area contributed by atoms with Crippen LogP contribution in [0.25, 0.3) is 0 Å². The summed E-state index contributed by atoms with van der Waals surface area (Å²) in [6.45, 7) is 2.32. The molecule has 1 unspecified atom stereocenters. The van der Waals surface area contributed by atoms with Gasteiger partial charge in [0.15, 0.2) is 5.16 Å². The summed E-state index contributed by atoms with van der Waals surface area (Å²) in [5.41, 5.74) is 5.65. The lowest BCUT2D eigenvalue weighted by Gasteiger charge is -2.13. The monoisotopic (exact) mass is 417 g/mol. The number of furan rings is 1. The number of aromatic nitrogens is 3. The molecule has 1 aliphatic rings. The number of thioether (sulfide) groups is 1. The van der Waals surface area contributed by atoms with E-state index in [2.05, 4.69) is 15.5 Å². The van der Waals surface area contributed by atoms with E-state index in [0.29, 0.717) is 28.2 Å². The van der Waals surface area contributed by atoms with Gasteiger partial charge in [-0.2, -0.15) is 0 Å². The topological polar surface area (TPSA) is 116 Å². The van der Waals surface area contributed by atoms with E-state index in [1.54, 1.807) is 24.6 Å². The smallest absolute Gasteiger partial charge is 0.251 e. The van der Waals surface area contributed by atoms with Crippen molar-refractivity contribution in [3.63, 3.8) is 0 Å². The van der Waals surface area contributed by atoms with Crippen LogP contribution in [0.3, 0.4) is 0 Å². The number of carbonyl (C=O) groups excluding carboxylic acids is 2. The van der Waals surface area contributed by atoms with Crippen molar-refractivity contribution in [1.29, 1.82) is 0 Å². The van der Waals surface area contributed by atoms with E-state index in [0.717, 1.165) is 24.4 Å². The number of hydrogen-bond acceptors (Lipinski definition) is 7. The van der Waals surface area contributed by atoms with Crippen molar-refractivity contribution in [3.05, 3.63) is 47.0 Å². The quantitative estimate of drug-likeness (QED) is 0.544. The summed E-state index contributed by atoms with van der Waals surface area (Å²) in [7, 11) is 0. The largest absolute Gasteiger partial charge is 0.467 e. The third-order valence-electron chi connectivity index (χ3n) is 4.40. The lowest BCUT2D eigenvalue weighted by molar-refractivity contribution is -0.115. The Labute approximate surface area is 169 Å². The zero-order chi connectivity index (χ0) is 19.7. The Kier molecular flexibility index (Phi) is 5.23. The van der Waals surface area contributed by atoms with Gasteiger partial charge in [-0.15, -0.1) is 21.5 Å². The van der Waals surface area contributed by atoms with Gasteiger partial charge in [-0.1, -0.05) is 11.8 Å². The molecule has 8 nitrogen and oxygen atoms in total. The maximum Gasteiger partial charge on any atom is 0.251 e. The first kappa shape index (κ1) is 18.8. The fourth-order valence-corrected chi connectivity index (χ4v) is 4.41.